The fourth-order valence-corrected chi connectivity index (χ4v) is 3.34. The lowest BCUT2D eigenvalue weighted by Crippen LogP contribution is -3.16. The van der Waals surface area contributed by atoms with Gasteiger partial charge in [-0.3, -0.25) is 0 Å². The molecule has 1 unspecified atom stereocenters. The Morgan fingerprint density at radius 2 is 2.00 bits per heavy atom. The van der Waals surface area contributed by atoms with Gasteiger partial charge in [-0.2, -0.15) is 0 Å². The molecular formula is C19H24NO3+. The fraction of sp³-hybridized carbons (Fsp3) is 0.421. The van der Waals surface area contributed by atoms with E-state index in [-0.39, 0.29) is 12.1 Å². The molecule has 1 aromatic carbocycles. The summed E-state index contributed by atoms with van der Waals surface area (Å²) >= 11 is 0. The second kappa shape index (κ2) is 7.01. The Morgan fingerprint density at radius 3 is 2.70 bits per heavy atom. The second-order valence-electron chi connectivity index (χ2n) is 6.41. The van der Waals surface area contributed by atoms with E-state index in [0.29, 0.717) is 17.5 Å². The predicted molar refractivity (Wildman–Crippen MR) is 87.1 cm³/mol. The number of furan rings is 1. The van der Waals surface area contributed by atoms with Crippen LogP contribution in [0, 0.1) is 5.92 Å². The van der Waals surface area contributed by atoms with Gasteiger partial charge in [0, 0.05) is 12.3 Å². The maximum atomic E-state index is 12.3. The van der Waals surface area contributed by atoms with Crippen molar-refractivity contribution in [1.82, 2.24) is 0 Å². The van der Waals surface area contributed by atoms with Crippen molar-refractivity contribution in [3.05, 3.63) is 60.1 Å². The Balaban J connectivity index is 1.60. The van der Waals surface area contributed by atoms with Crippen LogP contribution in [0.2, 0.25) is 0 Å². The number of hydrogen-bond donors (Lipinski definition) is 1. The minimum Gasteiger partial charge on any atom is -0.463 e. The van der Waals surface area contributed by atoms with Crippen molar-refractivity contribution >= 4 is 5.97 Å². The van der Waals surface area contributed by atoms with E-state index in [1.54, 1.807) is 18.4 Å². The molecule has 1 fully saturated rings. The number of nitrogens with one attached hydrogen (secondary N) is 1. The number of quaternary nitrogens is 1. The molecule has 0 radical (unpaired) electrons. The lowest BCUT2D eigenvalue weighted by atomic mass is 9.89. The first-order chi connectivity index (χ1) is 11.1. The average Bonchev–Trinajstić information content (AvgIpc) is 3.08. The highest BCUT2D eigenvalue weighted by atomic mass is 16.5. The van der Waals surface area contributed by atoms with Crippen molar-refractivity contribution in [3.63, 3.8) is 0 Å². The first-order valence-corrected chi connectivity index (χ1v) is 8.28. The molecule has 1 N–H and O–H groups in total. The number of ether oxygens (including phenoxy) is 1. The molecule has 1 aromatic heterocycles. The summed E-state index contributed by atoms with van der Waals surface area (Å²) in [6.07, 6.45) is 2.59. The van der Waals surface area contributed by atoms with Gasteiger partial charge in [0.25, 0.3) is 0 Å². The molecule has 1 aliphatic heterocycles. The lowest BCUT2D eigenvalue weighted by Gasteiger charge is -2.39. The molecule has 1 saturated heterocycles. The second-order valence-corrected chi connectivity index (χ2v) is 6.41. The van der Waals surface area contributed by atoms with Crippen LogP contribution in [0.25, 0.3) is 0 Å². The minimum atomic E-state index is -0.218. The SMILES string of the molecule is C[C@@H]1[C@@H](OC(=O)c2ccccc2)CC[NH+](Cc2ccco2)[C@H]1C. The van der Waals surface area contributed by atoms with Crippen LogP contribution in [0.4, 0.5) is 0 Å². The standard InChI is InChI=1S/C19H23NO3/c1-14-15(2)20(13-17-9-6-12-22-17)11-10-18(14)23-19(21)16-7-4-3-5-8-16/h3-9,12,14-15,18H,10-11,13H2,1-2H3/p+1/t14-,15-,18-/m0/s1. The van der Waals surface area contributed by atoms with E-state index >= 15 is 0 Å². The third-order valence-corrected chi connectivity index (χ3v) is 5.02. The maximum Gasteiger partial charge on any atom is 0.338 e. The van der Waals surface area contributed by atoms with Crippen LogP contribution < -0.4 is 4.90 Å². The molecule has 4 nitrogen and oxygen atoms in total. The topological polar surface area (TPSA) is 43.9 Å². The van der Waals surface area contributed by atoms with Gasteiger partial charge in [-0.1, -0.05) is 25.1 Å². The van der Waals surface area contributed by atoms with Gasteiger partial charge in [0.05, 0.1) is 24.4 Å². The molecule has 122 valence electrons. The number of carbonyl (C=O) groups excluding carboxylic acids is 1. The number of benzene rings is 1. The van der Waals surface area contributed by atoms with E-state index in [0.717, 1.165) is 25.3 Å². The molecular weight excluding hydrogens is 290 g/mol. The van der Waals surface area contributed by atoms with Crippen molar-refractivity contribution < 1.29 is 18.8 Å². The molecule has 0 saturated carbocycles. The summed E-state index contributed by atoms with van der Waals surface area (Å²) in [6, 6.07) is 13.6. The predicted octanol–water partition coefficient (Wildman–Crippen LogP) is 2.32. The summed E-state index contributed by atoms with van der Waals surface area (Å²) in [6.45, 7) is 6.27. The van der Waals surface area contributed by atoms with Crippen LogP contribution in [0.3, 0.4) is 0 Å². The van der Waals surface area contributed by atoms with E-state index in [4.69, 9.17) is 9.15 Å². The van der Waals surface area contributed by atoms with E-state index in [1.807, 2.05) is 30.3 Å². The van der Waals surface area contributed by atoms with Crippen LogP contribution in [0.1, 0.15) is 36.4 Å². The smallest absolute Gasteiger partial charge is 0.338 e. The van der Waals surface area contributed by atoms with Gasteiger partial charge in [0.15, 0.2) is 5.76 Å². The van der Waals surface area contributed by atoms with E-state index in [9.17, 15) is 4.79 Å². The highest BCUT2D eigenvalue weighted by molar-refractivity contribution is 5.89. The fourth-order valence-electron chi connectivity index (χ4n) is 3.34. The molecule has 4 atom stereocenters. The molecule has 4 heteroatoms. The zero-order chi connectivity index (χ0) is 16.2. The first-order valence-electron chi connectivity index (χ1n) is 8.28. The normalized spacial score (nSPS) is 27.6. The monoisotopic (exact) mass is 314 g/mol. The zero-order valence-corrected chi connectivity index (χ0v) is 13.7. The van der Waals surface area contributed by atoms with Crippen molar-refractivity contribution in [2.24, 2.45) is 5.92 Å². The molecule has 2 heterocycles. The van der Waals surface area contributed by atoms with Crippen molar-refractivity contribution in [3.8, 4) is 0 Å². The van der Waals surface area contributed by atoms with Crippen molar-refractivity contribution in [2.75, 3.05) is 6.54 Å². The van der Waals surface area contributed by atoms with Crippen LogP contribution in [0.15, 0.2) is 53.1 Å². The Labute approximate surface area is 137 Å². The molecule has 23 heavy (non-hydrogen) atoms. The molecule has 0 spiro atoms. The Hall–Kier alpha value is -2.07. The Kier molecular flexibility index (Phi) is 4.82. The number of piperidine rings is 1. The quantitative estimate of drug-likeness (QED) is 0.881. The number of carbonyl (C=O) groups is 1. The van der Waals surface area contributed by atoms with E-state index < -0.39 is 0 Å². The van der Waals surface area contributed by atoms with E-state index in [1.165, 1.54) is 4.90 Å². The minimum absolute atomic E-state index is 0.0157. The Morgan fingerprint density at radius 1 is 1.22 bits per heavy atom. The average molecular weight is 314 g/mol. The van der Waals surface area contributed by atoms with Gasteiger partial charge in [0.1, 0.15) is 12.6 Å². The first kappa shape index (κ1) is 15.8. The molecule has 0 bridgehead atoms. The summed E-state index contributed by atoms with van der Waals surface area (Å²) < 4.78 is 11.2. The van der Waals surface area contributed by atoms with Gasteiger partial charge >= 0.3 is 5.97 Å². The van der Waals surface area contributed by atoms with Gasteiger partial charge < -0.3 is 14.1 Å². The van der Waals surface area contributed by atoms with Gasteiger partial charge in [-0.05, 0) is 31.2 Å². The van der Waals surface area contributed by atoms with E-state index in [2.05, 4.69) is 13.8 Å². The maximum absolute atomic E-state index is 12.3. The van der Waals surface area contributed by atoms with Crippen LogP contribution in [-0.4, -0.2) is 24.7 Å². The number of rotatable bonds is 4. The van der Waals surface area contributed by atoms with Crippen molar-refractivity contribution in [2.45, 2.75) is 39.0 Å². The molecule has 3 rings (SSSR count). The zero-order valence-electron chi connectivity index (χ0n) is 13.7. The number of likely N-dealkylation sites (tertiary alicyclic amines) is 1. The van der Waals surface area contributed by atoms with Gasteiger partial charge in [-0.15, -0.1) is 0 Å². The van der Waals surface area contributed by atoms with Gasteiger partial charge in [-0.25, -0.2) is 4.79 Å². The van der Waals surface area contributed by atoms with Crippen molar-refractivity contribution in [1.29, 1.82) is 0 Å². The molecule has 0 aliphatic carbocycles. The lowest BCUT2D eigenvalue weighted by molar-refractivity contribution is -0.947. The van der Waals surface area contributed by atoms with Crippen LogP contribution in [-0.2, 0) is 11.3 Å². The summed E-state index contributed by atoms with van der Waals surface area (Å²) in [7, 11) is 0. The summed E-state index contributed by atoms with van der Waals surface area (Å²) in [5, 5.41) is 0. The molecule has 2 aromatic rings. The van der Waals surface area contributed by atoms with Crippen LogP contribution in [0.5, 0.6) is 0 Å². The van der Waals surface area contributed by atoms with Crippen LogP contribution >= 0.6 is 0 Å². The Bertz CT molecular complexity index is 623. The highest BCUT2D eigenvalue weighted by Gasteiger charge is 2.38. The largest absolute Gasteiger partial charge is 0.463 e. The molecule has 1 aliphatic rings. The number of esters is 1. The summed E-state index contributed by atoms with van der Waals surface area (Å²) in [5.41, 5.74) is 0.623. The molecule has 0 amide bonds. The summed E-state index contributed by atoms with van der Waals surface area (Å²) in [5.74, 6) is 1.12. The third kappa shape index (κ3) is 3.64. The number of hydrogen-bond acceptors (Lipinski definition) is 3. The highest BCUT2D eigenvalue weighted by Crippen LogP contribution is 2.19. The summed E-state index contributed by atoms with van der Waals surface area (Å²) in [4.78, 5) is 13.7. The third-order valence-electron chi connectivity index (χ3n) is 5.02. The van der Waals surface area contributed by atoms with Gasteiger partial charge in [0.2, 0.25) is 0 Å².